The third kappa shape index (κ3) is 2.80. The predicted molar refractivity (Wildman–Crippen MR) is 80.3 cm³/mol. The number of benzene rings is 2. The smallest absolute Gasteiger partial charge is 0.338 e. The van der Waals surface area contributed by atoms with Crippen LogP contribution in [0.15, 0.2) is 42.5 Å². The van der Waals surface area contributed by atoms with E-state index in [-0.39, 0.29) is 16.8 Å². The summed E-state index contributed by atoms with van der Waals surface area (Å²) in [4.78, 5) is 34.9. The summed E-state index contributed by atoms with van der Waals surface area (Å²) in [5.41, 5.74) is 0.829. The molecule has 0 saturated carbocycles. The molecule has 0 aliphatic heterocycles. The van der Waals surface area contributed by atoms with Gasteiger partial charge in [0.2, 0.25) is 0 Å². The molecule has 0 spiro atoms. The van der Waals surface area contributed by atoms with E-state index in [4.69, 9.17) is 5.11 Å². The number of anilines is 2. The van der Waals surface area contributed by atoms with E-state index in [1.54, 1.807) is 36.2 Å². The van der Waals surface area contributed by atoms with Crippen LogP contribution in [0.2, 0.25) is 0 Å². The molecule has 2 aromatic rings. The summed E-state index contributed by atoms with van der Waals surface area (Å²) in [5, 5.41) is 18.5. The molecule has 0 aromatic heterocycles. The van der Waals surface area contributed by atoms with Crippen LogP contribution in [0.4, 0.5) is 11.4 Å². The van der Waals surface area contributed by atoms with Crippen molar-refractivity contribution < 1.29 is 24.6 Å². The molecule has 22 heavy (non-hydrogen) atoms. The molecule has 0 aliphatic rings. The van der Waals surface area contributed by atoms with Crippen molar-refractivity contribution in [1.82, 2.24) is 0 Å². The van der Waals surface area contributed by atoms with Crippen LogP contribution in [-0.4, -0.2) is 35.5 Å². The van der Waals surface area contributed by atoms with Crippen molar-refractivity contribution >= 4 is 29.6 Å². The van der Waals surface area contributed by atoms with Gasteiger partial charge in [-0.3, -0.25) is 4.79 Å². The van der Waals surface area contributed by atoms with Crippen molar-refractivity contribution in [2.24, 2.45) is 0 Å². The highest BCUT2D eigenvalue weighted by molar-refractivity contribution is 6.06. The number of carboxylic acids is 2. The average molecular weight is 299 g/mol. The quantitative estimate of drug-likeness (QED) is 0.824. The van der Waals surface area contributed by atoms with Crippen LogP contribution in [0.5, 0.6) is 0 Å². The number of carbonyl (C=O) groups is 3. The fourth-order valence-electron chi connectivity index (χ4n) is 2.14. The molecule has 2 N–H and O–H groups in total. The van der Waals surface area contributed by atoms with Gasteiger partial charge >= 0.3 is 11.9 Å². The van der Waals surface area contributed by atoms with Crippen molar-refractivity contribution in [3.63, 3.8) is 0 Å². The first-order valence-electron chi connectivity index (χ1n) is 6.34. The number of nitrogens with zero attached hydrogens (tertiary/aromatic N) is 1. The maximum atomic E-state index is 11.4. The van der Waals surface area contributed by atoms with E-state index in [1.807, 2.05) is 0 Å². The largest absolute Gasteiger partial charge is 0.478 e. The lowest BCUT2D eigenvalue weighted by Gasteiger charge is -2.22. The fraction of sp³-hybridized carbons (Fsp3) is 0.0625. The molecule has 0 heterocycles. The molecule has 112 valence electrons. The molecule has 6 heteroatoms. The predicted octanol–water partition coefficient (Wildman–Crippen LogP) is 2.66. The monoisotopic (exact) mass is 299 g/mol. The lowest BCUT2D eigenvalue weighted by atomic mass is 10.0. The lowest BCUT2D eigenvalue weighted by Crippen LogP contribution is -2.17. The number of rotatable bonds is 5. The van der Waals surface area contributed by atoms with Crippen LogP contribution in [0, 0.1) is 0 Å². The summed E-state index contributed by atoms with van der Waals surface area (Å²) in [5.74, 6) is -2.62. The van der Waals surface area contributed by atoms with E-state index in [0.29, 0.717) is 17.5 Å². The Bertz CT molecular complexity index is 737. The standard InChI is InChI=1S/C16H13NO5/c1-17(11-7-5-10(9-18)6-8-11)13-4-2-3-12(15(19)20)14(13)16(21)22/h2-9H,1H3,(H,19,20)(H,21,22). The Hall–Kier alpha value is -3.15. The van der Waals surface area contributed by atoms with Gasteiger partial charge in [0.1, 0.15) is 6.29 Å². The van der Waals surface area contributed by atoms with Gasteiger partial charge in [-0.2, -0.15) is 0 Å². The topological polar surface area (TPSA) is 94.9 Å². The number of hydrogen-bond acceptors (Lipinski definition) is 4. The zero-order valence-electron chi connectivity index (χ0n) is 11.7. The van der Waals surface area contributed by atoms with E-state index in [9.17, 15) is 19.5 Å². The summed E-state index contributed by atoms with van der Waals surface area (Å²) in [6, 6.07) is 10.8. The Morgan fingerprint density at radius 2 is 1.64 bits per heavy atom. The zero-order chi connectivity index (χ0) is 16.3. The first kappa shape index (κ1) is 15.2. The molecule has 0 aliphatic carbocycles. The first-order chi connectivity index (χ1) is 10.5. The maximum absolute atomic E-state index is 11.4. The minimum Gasteiger partial charge on any atom is -0.478 e. The van der Waals surface area contributed by atoms with Gasteiger partial charge in [-0.05, 0) is 36.4 Å². The summed E-state index contributed by atoms with van der Waals surface area (Å²) in [6.45, 7) is 0. The van der Waals surface area contributed by atoms with Gasteiger partial charge in [-0.15, -0.1) is 0 Å². The number of aldehydes is 1. The second-order valence-electron chi connectivity index (χ2n) is 4.58. The molecule has 0 amide bonds. The van der Waals surface area contributed by atoms with Crippen LogP contribution < -0.4 is 4.90 Å². The van der Waals surface area contributed by atoms with Gasteiger partial charge in [0.15, 0.2) is 0 Å². The SMILES string of the molecule is CN(c1ccc(C=O)cc1)c1cccc(C(=O)O)c1C(=O)O. The molecule has 0 radical (unpaired) electrons. The Morgan fingerprint density at radius 3 is 2.14 bits per heavy atom. The normalized spacial score (nSPS) is 10.0. The summed E-state index contributed by atoms with van der Waals surface area (Å²) < 4.78 is 0. The molecule has 0 saturated heterocycles. The minimum atomic E-state index is -1.32. The lowest BCUT2D eigenvalue weighted by molar-refractivity contribution is 0.0652. The van der Waals surface area contributed by atoms with E-state index in [2.05, 4.69) is 0 Å². The Balaban J connectivity index is 2.55. The van der Waals surface area contributed by atoms with E-state index >= 15 is 0 Å². The number of carbonyl (C=O) groups excluding carboxylic acids is 1. The first-order valence-corrected chi connectivity index (χ1v) is 6.34. The highest BCUT2D eigenvalue weighted by atomic mass is 16.4. The highest BCUT2D eigenvalue weighted by Gasteiger charge is 2.22. The molecule has 2 rings (SSSR count). The molecule has 0 unspecified atom stereocenters. The van der Waals surface area contributed by atoms with Crippen molar-refractivity contribution in [2.45, 2.75) is 0 Å². The second kappa shape index (κ2) is 6.09. The summed E-state index contributed by atoms with van der Waals surface area (Å²) >= 11 is 0. The van der Waals surface area contributed by atoms with Crippen LogP contribution >= 0.6 is 0 Å². The minimum absolute atomic E-state index is 0.256. The van der Waals surface area contributed by atoms with Crippen molar-refractivity contribution in [3.8, 4) is 0 Å². The fourth-order valence-corrected chi connectivity index (χ4v) is 2.14. The van der Waals surface area contributed by atoms with Gasteiger partial charge in [0.25, 0.3) is 0 Å². The van der Waals surface area contributed by atoms with Crippen LogP contribution in [0.25, 0.3) is 0 Å². The molecular formula is C16H13NO5. The van der Waals surface area contributed by atoms with Gasteiger partial charge in [-0.1, -0.05) is 6.07 Å². The Kier molecular flexibility index (Phi) is 4.22. The Morgan fingerprint density at radius 1 is 1.00 bits per heavy atom. The van der Waals surface area contributed by atoms with Crippen molar-refractivity contribution in [2.75, 3.05) is 11.9 Å². The molecule has 6 nitrogen and oxygen atoms in total. The van der Waals surface area contributed by atoms with Gasteiger partial charge in [0, 0.05) is 18.3 Å². The second-order valence-corrected chi connectivity index (χ2v) is 4.58. The van der Waals surface area contributed by atoms with Gasteiger partial charge < -0.3 is 15.1 Å². The average Bonchev–Trinajstić information content (AvgIpc) is 2.53. The highest BCUT2D eigenvalue weighted by Crippen LogP contribution is 2.29. The summed E-state index contributed by atoms with van der Waals surface area (Å²) in [7, 11) is 1.63. The molecular weight excluding hydrogens is 286 g/mol. The number of carboxylic acid groups (broad SMARTS) is 2. The number of hydrogen-bond donors (Lipinski definition) is 2. The van der Waals surface area contributed by atoms with E-state index < -0.39 is 11.9 Å². The van der Waals surface area contributed by atoms with Crippen LogP contribution in [0.3, 0.4) is 0 Å². The molecule has 0 bridgehead atoms. The molecule has 0 atom stereocenters. The third-order valence-corrected chi connectivity index (χ3v) is 3.26. The summed E-state index contributed by atoms with van der Waals surface area (Å²) in [6.07, 6.45) is 0.706. The van der Waals surface area contributed by atoms with Crippen molar-refractivity contribution in [3.05, 3.63) is 59.2 Å². The third-order valence-electron chi connectivity index (χ3n) is 3.26. The van der Waals surface area contributed by atoms with Crippen LogP contribution in [-0.2, 0) is 0 Å². The van der Waals surface area contributed by atoms with Gasteiger partial charge in [0.05, 0.1) is 16.8 Å². The molecule has 2 aromatic carbocycles. The van der Waals surface area contributed by atoms with Gasteiger partial charge in [-0.25, -0.2) is 9.59 Å². The number of aromatic carboxylic acids is 2. The maximum Gasteiger partial charge on any atom is 0.338 e. The van der Waals surface area contributed by atoms with Crippen molar-refractivity contribution in [1.29, 1.82) is 0 Å². The van der Waals surface area contributed by atoms with Crippen LogP contribution in [0.1, 0.15) is 31.1 Å². The molecule has 0 fully saturated rings. The zero-order valence-corrected chi connectivity index (χ0v) is 11.7. The van der Waals surface area contributed by atoms with E-state index in [1.165, 1.54) is 18.2 Å². The Labute approximate surface area is 126 Å². The van der Waals surface area contributed by atoms with E-state index in [0.717, 1.165) is 0 Å².